The maximum atomic E-state index is 12.3. The van der Waals surface area contributed by atoms with Gasteiger partial charge in [-0.05, 0) is 61.5 Å². The van der Waals surface area contributed by atoms with E-state index in [-0.39, 0.29) is 83.2 Å². The molecule has 8 rings (SSSR count). The van der Waals surface area contributed by atoms with Gasteiger partial charge in [0.25, 0.3) is 0 Å². The molecule has 81 heavy (non-hydrogen) atoms. The number of nitrogens with zero attached hydrogens (tertiary/aromatic N) is 2. The third kappa shape index (κ3) is 14.5. The minimum Gasteiger partial charge on any atom is -0.414 e. The summed E-state index contributed by atoms with van der Waals surface area (Å²) < 4.78 is 49.5. The molecule has 4 N–H and O–H groups in total. The van der Waals surface area contributed by atoms with Crippen LogP contribution in [0.15, 0.2) is 72.4 Å². The zero-order chi connectivity index (χ0) is 59.8. The summed E-state index contributed by atoms with van der Waals surface area (Å²) >= 11 is 13.1. The molecule has 2 aliphatic carbocycles. The number of hydrogen-bond donors (Lipinski definition) is 4. The van der Waals surface area contributed by atoms with Crippen molar-refractivity contribution in [3.63, 3.8) is 0 Å². The van der Waals surface area contributed by atoms with Gasteiger partial charge >= 0.3 is 34.2 Å². The Kier molecular flexibility index (Phi) is 26.8. The molecule has 8 unspecified atom stereocenters. The molecule has 6 aliphatic rings. The minimum absolute atomic E-state index is 0. The number of aliphatic hydroxyl groups is 2. The van der Waals surface area contributed by atoms with Crippen LogP contribution in [-0.2, 0) is 58.4 Å². The Morgan fingerprint density at radius 2 is 1.10 bits per heavy atom. The van der Waals surface area contributed by atoms with Crippen LogP contribution in [0, 0.1) is 23.8 Å². The van der Waals surface area contributed by atoms with Crippen LogP contribution in [0.3, 0.4) is 0 Å². The number of aliphatic hydroxyl groups excluding tert-OH is 2. The van der Waals surface area contributed by atoms with Crippen molar-refractivity contribution in [3.05, 3.63) is 95.0 Å². The Labute approximate surface area is 507 Å². The first-order chi connectivity index (χ1) is 37.7. The van der Waals surface area contributed by atoms with Gasteiger partial charge < -0.3 is 45.7 Å². The number of alkyl halides is 3. The average molecular weight is 1300 g/mol. The van der Waals surface area contributed by atoms with E-state index >= 15 is 0 Å². The number of nitrogens with one attached hydrogen (secondary N) is 2. The molecule has 4 fully saturated rings. The second kappa shape index (κ2) is 30.2. The molecular weight excluding hydrogens is 1210 g/mol. The van der Waals surface area contributed by atoms with Crippen molar-refractivity contribution in [3.8, 4) is 6.07 Å². The van der Waals surface area contributed by atoms with E-state index in [2.05, 4.69) is 149 Å². The van der Waals surface area contributed by atoms with E-state index in [1.807, 2.05) is 60.7 Å². The Balaban J connectivity index is 0.000000328. The van der Waals surface area contributed by atoms with E-state index < -0.39 is 99.0 Å². The number of hydrogen-bond acceptors (Lipinski definition) is 15. The first-order valence-corrected chi connectivity index (χ1v) is 38.2. The number of carbonyl (C=O) groups excluding carboxylic acids is 1. The maximum absolute atomic E-state index is 12.3. The molecule has 3 saturated heterocycles. The molecule has 456 valence electrons. The Bertz CT molecular complexity index is 2380. The standard InChI is InChI=1S/C28H45BrN2O6Si2.C28H44N2O6Si2.CH2Cl2.CH4/c1-18(2)38(19(3)4)35-26-25(33)24(29)23(16-30)28(14-15-32,31-34-17-22-12-10-9-11-13-22)27(26)36-39(37-38,20(5)6)21(7)8;1-18(2)37(19(3)4)34-26-23-15-24(29-9)28(16-25(31)33-23,30-32-17-22-13-11-10-12-14-22)27(26)35-38(36-37,20(5)6)21(7)8;2-1-3;/h9-13,15,18-21,23-27,31,33H,14,17H2,1-8H3;10-15,18-21,23,25-27,30-31H,16-17H2,1-8H3;1H2;1H4/t;23?,25-,26-,27?,28-;;/m.1../s1. The normalized spacial score (nSPS) is 30.8. The Morgan fingerprint density at radius 3 is 1.49 bits per heavy atom. The lowest BCUT2D eigenvalue weighted by Crippen LogP contribution is -2.74. The van der Waals surface area contributed by atoms with Crippen molar-refractivity contribution in [1.82, 2.24) is 11.0 Å². The van der Waals surface area contributed by atoms with Crippen molar-refractivity contribution in [2.45, 2.75) is 247 Å². The van der Waals surface area contributed by atoms with Crippen molar-refractivity contribution < 1.29 is 55.4 Å². The molecule has 0 amide bonds. The van der Waals surface area contributed by atoms with Gasteiger partial charge in [-0.25, -0.2) is 4.85 Å². The molecule has 1 saturated carbocycles. The minimum atomic E-state index is -3.08. The second-order valence-corrected chi connectivity index (χ2v) is 43.7. The molecule has 0 spiro atoms. The quantitative estimate of drug-likeness (QED) is 0.0362. The van der Waals surface area contributed by atoms with Crippen LogP contribution in [0.4, 0.5) is 0 Å². The monoisotopic (exact) mass is 1300 g/mol. The molecule has 4 heterocycles. The van der Waals surface area contributed by atoms with Crippen LogP contribution >= 0.6 is 39.1 Å². The van der Waals surface area contributed by atoms with Crippen LogP contribution < -0.4 is 11.0 Å². The van der Waals surface area contributed by atoms with Gasteiger partial charge in [0, 0.05) is 12.8 Å². The van der Waals surface area contributed by atoms with Crippen LogP contribution in [-0.4, -0.2) is 115 Å². The summed E-state index contributed by atoms with van der Waals surface area (Å²) in [6.07, 6.45) is -3.13. The average Bonchev–Trinajstić information content (AvgIpc) is 3.90. The highest BCUT2D eigenvalue weighted by molar-refractivity contribution is 9.09. The lowest BCUT2D eigenvalue weighted by molar-refractivity contribution is -0.168. The van der Waals surface area contributed by atoms with Gasteiger partial charge in [0.05, 0.1) is 71.9 Å². The number of carbonyl (C=O) groups is 1. The molecule has 0 aromatic heterocycles. The summed E-state index contributed by atoms with van der Waals surface area (Å²) in [5.41, 5.74) is 7.04. The zero-order valence-corrected chi connectivity index (χ0v) is 56.9. The molecule has 2 aromatic carbocycles. The third-order valence-corrected chi connectivity index (χ3v) is 38.3. The fraction of sp³-hybridized carbons (Fsp3) is 0.707. The summed E-state index contributed by atoms with van der Waals surface area (Å²) in [5.74, 6) is -0.864. The number of halogens is 3. The summed E-state index contributed by atoms with van der Waals surface area (Å²) in [6, 6.07) is 21.8. The summed E-state index contributed by atoms with van der Waals surface area (Å²) in [7, 11) is -11.9. The predicted molar refractivity (Wildman–Crippen MR) is 332 cm³/mol. The molecule has 11 atom stereocenters. The van der Waals surface area contributed by atoms with Gasteiger partial charge in [-0.2, -0.15) is 16.2 Å². The van der Waals surface area contributed by atoms with Crippen LogP contribution in [0.25, 0.3) is 4.85 Å². The molecule has 2 bridgehead atoms. The van der Waals surface area contributed by atoms with E-state index in [0.29, 0.717) is 5.70 Å². The van der Waals surface area contributed by atoms with Crippen molar-refractivity contribution >= 4 is 79.7 Å². The largest absolute Gasteiger partial charge is 0.414 e. The fourth-order valence-electron chi connectivity index (χ4n) is 12.5. The van der Waals surface area contributed by atoms with E-state index in [0.717, 1.165) is 17.4 Å². The van der Waals surface area contributed by atoms with Crippen LogP contribution in [0.2, 0.25) is 44.3 Å². The maximum Gasteiger partial charge on any atom is 0.335 e. The summed E-state index contributed by atoms with van der Waals surface area (Å²) in [6.45, 7) is 42.9. The number of fused-ring (bicyclic) bond motifs is 3. The first kappa shape index (κ1) is 71.7. The molecule has 23 heteroatoms. The van der Waals surface area contributed by atoms with Crippen molar-refractivity contribution in [2.24, 2.45) is 5.92 Å². The van der Waals surface area contributed by atoms with E-state index in [9.17, 15) is 20.3 Å². The number of rotatable bonds is 18. The van der Waals surface area contributed by atoms with E-state index in [4.69, 9.17) is 70.1 Å². The SMILES string of the molecule is C.CC(C)[Si]1(C(C)C)OC2C(O)C(Br)C(C#N)C(CC=O)(NOCc3ccccc3)C2O[Si](C(C)C)(C(C)C)O1.ClCCl.[C-]#[N+]C1=CC2O[C@@H](O)C[C@]1(NOCc1ccccc1)C1O[Si](C(C)C)(C(C)C)O[Si](C(C)C)(C(C)C)O[C@H]21. The van der Waals surface area contributed by atoms with Gasteiger partial charge in [0.1, 0.15) is 24.0 Å². The van der Waals surface area contributed by atoms with Gasteiger partial charge in [0.2, 0.25) is 0 Å². The molecule has 2 aromatic rings. The van der Waals surface area contributed by atoms with Gasteiger partial charge in [-0.3, -0.25) is 9.68 Å². The van der Waals surface area contributed by atoms with Gasteiger partial charge in [-0.15, -0.1) is 23.2 Å². The highest BCUT2D eigenvalue weighted by atomic mass is 79.9. The number of benzene rings is 2. The van der Waals surface area contributed by atoms with E-state index in [1.165, 1.54) is 0 Å². The van der Waals surface area contributed by atoms with E-state index in [1.54, 1.807) is 6.08 Å². The second-order valence-electron chi connectivity index (χ2n) is 24.3. The molecule has 16 nitrogen and oxygen atoms in total. The van der Waals surface area contributed by atoms with Gasteiger partial charge in [-0.1, -0.05) is 195 Å². The van der Waals surface area contributed by atoms with Crippen LogP contribution in [0.5, 0.6) is 0 Å². The third-order valence-electron chi connectivity index (χ3n) is 16.7. The van der Waals surface area contributed by atoms with Crippen LogP contribution in [0.1, 0.15) is 142 Å². The summed E-state index contributed by atoms with van der Waals surface area (Å²) in [4.78, 5) is 27.7. The molecule has 4 aliphatic heterocycles. The Hall–Kier alpha value is -1.76. The topological polar surface area (TPSA) is 193 Å². The highest BCUT2D eigenvalue weighted by Gasteiger charge is 2.71. The molecule has 0 radical (unpaired) electrons. The number of aldehydes is 1. The van der Waals surface area contributed by atoms with Gasteiger partial charge in [0.15, 0.2) is 12.0 Å². The number of nitriles is 1. The lowest BCUT2D eigenvalue weighted by Gasteiger charge is -2.54. The first-order valence-electron chi connectivity index (χ1n) is 28.3. The summed E-state index contributed by atoms with van der Waals surface area (Å²) in [5, 5.41) is 33.3. The smallest absolute Gasteiger partial charge is 0.335 e. The zero-order valence-electron chi connectivity index (χ0n) is 49.8. The van der Waals surface area contributed by atoms with Crippen molar-refractivity contribution in [1.29, 1.82) is 5.26 Å². The number of hydroxylamine groups is 2. The lowest BCUT2D eigenvalue weighted by atomic mass is 9.68. The Morgan fingerprint density at radius 1 is 0.704 bits per heavy atom. The molecular formula is C58H95BrCl2N4O12Si4. The fourth-order valence-corrected chi connectivity index (χ4v) is 36.1. The predicted octanol–water partition coefficient (Wildman–Crippen LogP) is 13.4. The highest BCUT2D eigenvalue weighted by Crippen LogP contribution is 2.56. The number of ether oxygens (including phenoxy) is 1. The van der Waals surface area contributed by atoms with Crippen molar-refractivity contribution in [2.75, 3.05) is 5.34 Å².